The number of hydrogen-bond acceptors (Lipinski definition) is 3. The summed E-state index contributed by atoms with van der Waals surface area (Å²) in [4.78, 5) is 21.3. The summed E-state index contributed by atoms with van der Waals surface area (Å²) in [5.74, 6) is -4.62. The lowest BCUT2D eigenvalue weighted by Gasteiger charge is -2.05. The molecule has 0 atom stereocenters. The van der Waals surface area contributed by atoms with Gasteiger partial charge in [0.15, 0.2) is 5.92 Å². The van der Waals surface area contributed by atoms with E-state index in [0.29, 0.717) is 0 Å². The number of aromatic nitrogens is 2. The van der Waals surface area contributed by atoms with Gasteiger partial charge < -0.3 is 10.2 Å². The second-order valence-corrected chi connectivity index (χ2v) is 3.02. The van der Waals surface area contributed by atoms with Crippen LogP contribution in [0.25, 0.3) is 0 Å². The molecule has 0 aliphatic rings. The Labute approximate surface area is 83.5 Å². The number of rotatable bonds is 3. The number of H-pyrrole nitrogens is 1. The normalized spacial score (nSPS) is 10.5. The summed E-state index contributed by atoms with van der Waals surface area (Å²) in [6.45, 7) is 1.48. The summed E-state index contributed by atoms with van der Waals surface area (Å²) in [7, 11) is 0. The van der Waals surface area contributed by atoms with Crippen molar-refractivity contribution in [2.24, 2.45) is 0 Å². The quantitative estimate of drug-likeness (QED) is 0.646. The van der Waals surface area contributed by atoms with Crippen molar-refractivity contribution in [3.63, 3.8) is 0 Å². The first-order valence-corrected chi connectivity index (χ1v) is 3.99. The van der Waals surface area contributed by atoms with E-state index in [-0.39, 0.29) is 16.4 Å². The van der Waals surface area contributed by atoms with E-state index in [1.54, 1.807) is 0 Å². The lowest BCUT2D eigenvalue weighted by Crippen LogP contribution is -2.21. The third-order valence-electron chi connectivity index (χ3n) is 1.73. The first kappa shape index (κ1) is 10.5. The molecule has 0 saturated carbocycles. The molecule has 0 aliphatic carbocycles. The van der Waals surface area contributed by atoms with Crippen LogP contribution in [0.4, 0.5) is 0 Å². The molecule has 0 bridgehead atoms. The number of nitrogens with zero attached hydrogens (tertiary/aromatic N) is 1. The van der Waals surface area contributed by atoms with Crippen LogP contribution in [-0.4, -0.2) is 32.3 Å². The van der Waals surface area contributed by atoms with Gasteiger partial charge in [0.05, 0.1) is 5.69 Å². The van der Waals surface area contributed by atoms with E-state index < -0.39 is 17.9 Å². The summed E-state index contributed by atoms with van der Waals surface area (Å²) >= 11 is 5.58. The summed E-state index contributed by atoms with van der Waals surface area (Å²) in [6, 6.07) is 0. The molecule has 0 aliphatic heterocycles. The number of aryl methyl sites for hydroxylation is 1. The summed E-state index contributed by atoms with van der Waals surface area (Å²) in [5, 5.41) is 23.2. The highest BCUT2D eigenvalue weighted by Gasteiger charge is 2.32. The maximum atomic E-state index is 10.7. The molecule has 76 valence electrons. The fourth-order valence-corrected chi connectivity index (χ4v) is 1.39. The van der Waals surface area contributed by atoms with Crippen LogP contribution in [0.15, 0.2) is 0 Å². The lowest BCUT2D eigenvalue weighted by atomic mass is 10.0. The van der Waals surface area contributed by atoms with Gasteiger partial charge in [-0.15, -0.1) is 0 Å². The SMILES string of the molecule is Cc1n[nH]c(Cl)c1C(C(=O)O)C(=O)O. The highest BCUT2D eigenvalue weighted by Crippen LogP contribution is 2.26. The highest BCUT2D eigenvalue weighted by molar-refractivity contribution is 6.31. The smallest absolute Gasteiger partial charge is 0.322 e. The Hall–Kier alpha value is -1.56. The number of hydrogen-bond donors (Lipinski definition) is 3. The van der Waals surface area contributed by atoms with Crippen LogP contribution in [0.5, 0.6) is 0 Å². The third-order valence-corrected chi connectivity index (χ3v) is 2.02. The van der Waals surface area contributed by atoms with Gasteiger partial charge in [-0.2, -0.15) is 5.10 Å². The van der Waals surface area contributed by atoms with E-state index in [4.69, 9.17) is 21.8 Å². The molecule has 0 aromatic carbocycles. The van der Waals surface area contributed by atoms with Gasteiger partial charge in [0.25, 0.3) is 0 Å². The van der Waals surface area contributed by atoms with Crippen LogP contribution in [0.3, 0.4) is 0 Å². The monoisotopic (exact) mass is 218 g/mol. The van der Waals surface area contributed by atoms with Gasteiger partial charge in [0, 0.05) is 5.56 Å². The number of carbonyl (C=O) groups is 2. The maximum absolute atomic E-state index is 10.7. The number of aromatic amines is 1. The molecule has 1 aromatic heterocycles. The van der Waals surface area contributed by atoms with Crippen LogP contribution in [0.2, 0.25) is 5.15 Å². The van der Waals surface area contributed by atoms with Crippen molar-refractivity contribution in [2.45, 2.75) is 12.8 Å². The second kappa shape index (κ2) is 3.67. The molecule has 6 nitrogen and oxygen atoms in total. The Morgan fingerprint density at radius 1 is 1.43 bits per heavy atom. The molecule has 0 amide bonds. The molecule has 3 N–H and O–H groups in total. The van der Waals surface area contributed by atoms with Gasteiger partial charge in [-0.3, -0.25) is 14.7 Å². The van der Waals surface area contributed by atoms with Crippen LogP contribution in [-0.2, 0) is 9.59 Å². The van der Waals surface area contributed by atoms with Crippen molar-refractivity contribution >= 4 is 23.5 Å². The third kappa shape index (κ3) is 1.69. The predicted octanol–water partition coefficient (Wildman–Crippen LogP) is 0.624. The number of nitrogens with one attached hydrogen (secondary N) is 1. The molecular formula is C7H7ClN2O4. The first-order chi connectivity index (χ1) is 6.45. The predicted molar refractivity (Wildman–Crippen MR) is 46.3 cm³/mol. The Bertz CT molecular complexity index is 354. The maximum Gasteiger partial charge on any atom is 0.322 e. The van der Waals surface area contributed by atoms with E-state index in [9.17, 15) is 9.59 Å². The minimum Gasteiger partial charge on any atom is -0.480 e. The van der Waals surface area contributed by atoms with Crippen LogP contribution in [0.1, 0.15) is 17.2 Å². The van der Waals surface area contributed by atoms with E-state index in [0.717, 1.165) is 0 Å². The van der Waals surface area contributed by atoms with Crippen LogP contribution < -0.4 is 0 Å². The van der Waals surface area contributed by atoms with E-state index in [1.807, 2.05) is 0 Å². The summed E-state index contributed by atoms with van der Waals surface area (Å²) < 4.78 is 0. The van der Waals surface area contributed by atoms with E-state index in [1.165, 1.54) is 6.92 Å². The molecule has 0 fully saturated rings. The molecule has 7 heteroatoms. The molecule has 1 heterocycles. The average Bonchev–Trinajstić information content (AvgIpc) is 2.34. The molecule has 14 heavy (non-hydrogen) atoms. The Kier molecular flexibility index (Phi) is 2.76. The molecule has 0 spiro atoms. The highest BCUT2D eigenvalue weighted by atomic mass is 35.5. The lowest BCUT2D eigenvalue weighted by molar-refractivity contribution is -0.150. The largest absolute Gasteiger partial charge is 0.480 e. The van der Waals surface area contributed by atoms with Crippen molar-refractivity contribution < 1.29 is 19.8 Å². The van der Waals surface area contributed by atoms with Crippen molar-refractivity contribution in [2.75, 3.05) is 0 Å². The topological polar surface area (TPSA) is 103 Å². The number of carboxylic acid groups (broad SMARTS) is 2. The number of carboxylic acids is 2. The van der Waals surface area contributed by atoms with Gasteiger partial charge in [-0.25, -0.2) is 0 Å². The minimum absolute atomic E-state index is 0.00772. The zero-order valence-electron chi connectivity index (χ0n) is 7.11. The van der Waals surface area contributed by atoms with Crippen molar-refractivity contribution in [1.82, 2.24) is 10.2 Å². The zero-order chi connectivity index (χ0) is 10.9. The average molecular weight is 219 g/mol. The standard InChI is InChI=1S/C7H7ClN2O4/c1-2-3(5(8)10-9-2)4(6(11)12)7(13)14/h4H,1H3,(H,9,10)(H,11,12)(H,13,14). The van der Waals surface area contributed by atoms with E-state index in [2.05, 4.69) is 10.2 Å². The molecule has 1 aromatic rings. The van der Waals surface area contributed by atoms with Gasteiger partial charge in [0.2, 0.25) is 0 Å². The summed E-state index contributed by atoms with van der Waals surface area (Å²) in [6.07, 6.45) is 0. The van der Waals surface area contributed by atoms with E-state index >= 15 is 0 Å². The van der Waals surface area contributed by atoms with Gasteiger partial charge in [0.1, 0.15) is 5.15 Å². The van der Waals surface area contributed by atoms with Gasteiger partial charge in [-0.05, 0) is 6.92 Å². The molecule has 0 saturated heterocycles. The fourth-order valence-electron chi connectivity index (χ4n) is 1.10. The zero-order valence-corrected chi connectivity index (χ0v) is 7.87. The van der Waals surface area contributed by atoms with Gasteiger partial charge >= 0.3 is 11.9 Å². The Morgan fingerprint density at radius 2 is 1.93 bits per heavy atom. The van der Waals surface area contributed by atoms with Crippen LogP contribution in [0, 0.1) is 6.92 Å². The number of aliphatic carboxylic acids is 2. The Balaban J connectivity index is 3.24. The fraction of sp³-hybridized carbons (Fsp3) is 0.286. The van der Waals surface area contributed by atoms with Crippen molar-refractivity contribution in [1.29, 1.82) is 0 Å². The van der Waals surface area contributed by atoms with Crippen LogP contribution >= 0.6 is 11.6 Å². The Morgan fingerprint density at radius 3 is 2.21 bits per heavy atom. The van der Waals surface area contributed by atoms with Gasteiger partial charge in [-0.1, -0.05) is 11.6 Å². The molecule has 0 unspecified atom stereocenters. The second-order valence-electron chi connectivity index (χ2n) is 2.65. The minimum atomic E-state index is -1.68. The molecule has 1 rings (SSSR count). The van der Waals surface area contributed by atoms with Crippen molar-refractivity contribution in [3.8, 4) is 0 Å². The summed E-state index contributed by atoms with van der Waals surface area (Å²) in [5.41, 5.74) is 0.261. The molecular weight excluding hydrogens is 212 g/mol. The first-order valence-electron chi connectivity index (χ1n) is 3.61. The molecule has 0 radical (unpaired) electrons. The number of halogens is 1. The van der Waals surface area contributed by atoms with Crippen molar-refractivity contribution in [3.05, 3.63) is 16.4 Å².